The second-order valence-electron chi connectivity index (χ2n) is 11.1. The van der Waals surface area contributed by atoms with Gasteiger partial charge in [0.1, 0.15) is 24.7 Å². The van der Waals surface area contributed by atoms with Crippen LogP contribution >= 0.6 is 0 Å². The first-order chi connectivity index (χ1) is 21.8. The van der Waals surface area contributed by atoms with Crippen LogP contribution in [0.2, 0.25) is 0 Å². The summed E-state index contributed by atoms with van der Waals surface area (Å²) < 4.78 is 13.2. The molecule has 4 heteroatoms. The van der Waals surface area contributed by atoms with Gasteiger partial charge < -0.3 is 19.7 Å². The van der Waals surface area contributed by atoms with E-state index in [9.17, 15) is 10.2 Å². The molecule has 44 heavy (non-hydrogen) atoms. The van der Waals surface area contributed by atoms with Crippen LogP contribution in [0, 0.1) is 0 Å². The minimum Gasteiger partial charge on any atom is -0.490 e. The van der Waals surface area contributed by atoms with Gasteiger partial charge in [-0.05, 0) is 53.9 Å². The van der Waals surface area contributed by atoms with Crippen LogP contribution in [0.3, 0.4) is 0 Å². The Hall–Kier alpha value is -5.16. The molecule has 0 fully saturated rings. The molecule has 0 spiro atoms. The lowest BCUT2D eigenvalue weighted by Gasteiger charge is -2.24. The molecule has 2 N–H and O–H groups in total. The Morgan fingerprint density at radius 1 is 0.364 bits per heavy atom. The van der Waals surface area contributed by atoms with E-state index >= 15 is 0 Å². The second kappa shape index (κ2) is 10.8. The number of ether oxygens (including phenoxy) is 2. The van der Waals surface area contributed by atoms with Crippen molar-refractivity contribution in [2.75, 3.05) is 26.4 Å². The molecule has 8 rings (SSSR count). The summed E-state index contributed by atoms with van der Waals surface area (Å²) in [4.78, 5) is 0. The fraction of sp³-hybridized carbons (Fsp3) is 0.100. The van der Waals surface area contributed by atoms with E-state index in [0.29, 0.717) is 11.5 Å². The highest BCUT2D eigenvalue weighted by Crippen LogP contribution is 2.54. The van der Waals surface area contributed by atoms with E-state index in [2.05, 4.69) is 109 Å². The van der Waals surface area contributed by atoms with Crippen molar-refractivity contribution in [2.45, 2.75) is 0 Å². The minimum absolute atomic E-state index is 0.116. The number of rotatable bonds is 7. The monoisotopic (exact) mass is 574 g/mol. The van der Waals surface area contributed by atoms with E-state index in [1.165, 1.54) is 0 Å². The average molecular weight is 575 g/mol. The maximum absolute atomic E-state index is 10.0. The molecule has 214 valence electrons. The van der Waals surface area contributed by atoms with Gasteiger partial charge in [-0.25, -0.2) is 0 Å². The minimum atomic E-state index is -0.116. The lowest BCUT2D eigenvalue weighted by molar-refractivity contribution is 0.202. The summed E-state index contributed by atoms with van der Waals surface area (Å²) in [5, 5.41) is 32.9. The van der Waals surface area contributed by atoms with Crippen molar-refractivity contribution in [3.05, 3.63) is 121 Å². The zero-order valence-corrected chi connectivity index (χ0v) is 24.1. The Balaban J connectivity index is 1.68. The summed E-state index contributed by atoms with van der Waals surface area (Å²) in [5.41, 5.74) is 1.83. The number of fused-ring (bicyclic) bond motifs is 10. The third kappa shape index (κ3) is 3.99. The molecule has 0 saturated carbocycles. The fourth-order valence-electron chi connectivity index (χ4n) is 6.93. The summed E-state index contributed by atoms with van der Waals surface area (Å²) in [5.74, 6) is 1.42. The highest BCUT2D eigenvalue weighted by molar-refractivity contribution is 6.30. The summed E-state index contributed by atoms with van der Waals surface area (Å²) in [6.45, 7) is 0.0564. The van der Waals surface area contributed by atoms with E-state index in [-0.39, 0.29) is 26.4 Å². The summed E-state index contributed by atoms with van der Waals surface area (Å²) in [7, 11) is 0. The quantitative estimate of drug-likeness (QED) is 0.187. The molecule has 8 aromatic rings. The Morgan fingerprint density at radius 3 is 1.14 bits per heavy atom. The lowest BCUT2D eigenvalue weighted by atomic mass is 9.85. The normalized spacial score (nSPS) is 11.8. The van der Waals surface area contributed by atoms with Crippen molar-refractivity contribution >= 4 is 64.6 Å². The van der Waals surface area contributed by atoms with E-state index in [0.717, 1.165) is 75.8 Å². The third-order valence-corrected chi connectivity index (χ3v) is 8.66. The van der Waals surface area contributed by atoms with Gasteiger partial charge in [0.25, 0.3) is 0 Å². The zero-order valence-electron chi connectivity index (χ0n) is 24.1. The highest BCUT2D eigenvalue weighted by Gasteiger charge is 2.26. The van der Waals surface area contributed by atoms with Crippen LogP contribution in [-0.2, 0) is 0 Å². The van der Waals surface area contributed by atoms with Crippen molar-refractivity contribution in [2.24, 2.45) is 0 Å². The fourth-order valence-corrected chi connectivity index (χ4v) is 6.93. The van der Waals surface area contributed by atoms with Crippen LogP contribution in [0.5, 0.6) is 11.5 Å². The molecule has 0 heterocycles. The number of hydrogen-bond donors (Lipinski definition) is 2. The average Bonchev–Trinajstić information content (AvgIpc) is 3.09. The smallest absolute Gasteiger partial charge is 0.136 e. The third-order valence-electron chi connectivity index (χ3n) is 8.66. The van der Waals surface area contributed by atoms with Gasteiger partial charge in [-0.1, -0.05) is 121 Å². The Kier molecular flexibility index (Phi) is 6.52. The van der Waals surface area contributed by atoms with Gasteiger partial charge >= 0.3 is 0 Å². The van der Waals surface area contributed by atoms with Crippen LogP contribution in [0.1, 0.15) is 0 Å². The number of aliphatic hydroxyl groups excluding tert-OH is 2. The largest absolute Gasteiger partial charge is 0.490 e. The molecule has 0 aromatic heterocycles. The Morgan fingerprint density at radius 2 is 0.727 bits per heavy atom. The van der Waals surface area contributed by atoms with Gasteiger partial charge in [0.15, 0.2) is 0 Å². The van der Waals surface area contributed by atoms with E-state index in [4.69, 9.17) is 9.47 Å². The molecule has 0 amide bonds. The maximum atomic E-state index is 10.0. The van der Waals surface area contributed by atoms with Crippen molar-refractivity contribution in [3.63, 3.8) is 0 Å². The van der Waals surface area contributed by atoms with E-state index < -0.39 is 0 Å². The molecule has 4 nitrogen and oxygen atoms in total. The number of aliphatic hydroxyl groups is 2. The number of hydrogen-bond acceptors (Lipinski definition) is 4. The summed E-state index contributed by atoms with van der Waals surface area (Å²) in [6.07, 6.45) is 0. The van der Waals surface area contributed by atoms with Gasteiger partial charge in [0.2, 0.25) is 0 Å². The molecule has 0 radical (unpaired) electrons. The SMILES string of the molecule is OCCOc1c(-c2c(OCCO)c3c4ccccc4ccc3c3ccccc23)c2ccccc2c2ccc3ccccc3c12. The zero-order chi connectivity index (χ0) is 29.6. The van der Waals surface area contributed by atoms with E-state index in [1.54, 1.807) is 0 Å². The summed E-state index contributed by atoms with van der Waals surface area (Å²) >= 11 is 0. The first-order valence-electron chi connectivity index (χ1n) is 15.0. The maximum Gasteiger partial charge on any atom is 0.136 e. The molecule has 0 aliphatic carbocycles. The van der Waals surface area contributed by atoms with Crippen LogP contribution in [-0.4, -0.2) is 36.6 Å². The topological polar surface area (TPSA) is 58.9 Å². The van der Waals surface area contributed by atoms with Crippen molar-refractivity contribution in [1.29, 1.82) is 0 Å². The molecular weight excluding hydrogens is 544 g/mol. The molecule has 0 aliphatic heterocycles. The van der Waals surface area contributed by atoms with Gasteiger partial charge in [-0.2, -0.15) is 0 Å². The van der Waals surface area contributed by atoms with Gasteiger partial charge in [0.05, 0.1) is 13.2 Å². The van der Waals surface area contributed by atoms with Crippen LogP contribution < -0.4 is 9.47 Å². The Bertz CT molecular complexity index is 2200. The molecule has 0 bridgehead atoms. The van der Waals surface area contributed by atoms with Crippen molar-refractivity contribution < 1.29 is 19.7 Å². The van der Waals surface area contributed by atoms with Crippen LogP contribution in [0.15, 0.2) is 121 Å². The van der Waals surface area contributed by atoms with Gasteiger partial charge in [-0.3, -0.25) is 0 Å². The lowest BCUT2D eigenvalue weighted by Crippen LogP contribution is -2.07. The number of benzene rings is 8. The van der Waals surface area contributed by atoms with Gasteiger partial charge in [-0.15, -0.1) is 0 Å². The standard InChI is InChI=1S/C40H30O4/c41-21-23-43-39-35-27-11-3-1-9-25(27)17-19-33(35)29-13-5-7-15-31(29)37(39)38-32-16-8-6-14-30(32)34-20-18-26-10-2-4-12-28(26)36(34)40(38)44-24-22-42/h1-20,41-42H,21-24H2. The Labute approximate surface area is 254 Å². The molecule has 0 unspecified atom stereocenters. The molecule has 0 saturated heterocycles. The first kappa shape index (κ1) is 26.5. The predicted octanol–water partition coefficient (Wildman–Crippen LogP) is 9.01. The second-order valence-corrected chi connectivity index (χ2v) is 11.1. The predicted molar refractivity (Wildman–Crippen MR) is 182 cm³/mol. The van der Waals surface area contributed by atoms with Crippen LogP contribution in [0.4, 0.5) is 0 Å². The van der Waals surface area contributed by atoms with E-state index in [1.807, 2.05) is 12.1 Å². The summed E-state index contributed by atoms with van der Waals surface area (Å²) in [6, 6.07) is 42.3. The van der Waals surface area contributed by atoms with Crippen LogP contribution in [0.25, 0.3) is 75.8 Å². The van der Waals surface area contributed by atoms with Crippen molar-refractivity contribution in [1.82, 2.24) is 0 Å². The molecule has 0 aliphatic rings. The first-order valence-corrected chi connectivity index (χ1v) is 15.0. The molecular formula is C40H30O4. The molecule has 0 atom stereocenters. The molecule has 8 aromatic carbocycles. The van der Waals surface area contributed by atoms with Gasteiger partial charge in [0, 0.05) is 21.9 Å². The highest BCUT2D eigenvalue weighted by atomic mass is 16.5. The van der Waals surface area contributed by atoms with Crippen molar-refractivity contribution in [3.8, 4) is 22.6 Å².